The molecule has 2 N–H and O–H groups in total. The largest absolute Gasteiger partial charge is 0.378 e. The van der Waals surface area contributed by atoms with Crippen LogP contribution in [-0.2, 0) is 10.0 Å². The van der Waals surface area contributed by atoms with Gasteiger partial charge in [0.15, 0.2) is 0 Å². The monoisotopic (exact) mass is 407 g/mol. The van der Waals surface area contributed by atoms with Crippen LogP contribution in [0.1, 0.15) is 19.3 Å². The lowest BCUT2D eigenvalue weighted by molar-refractivity contribution is -0.384. The first-order valence-corrected chi connectivity index (χ1v) is 11.2. The molecule has 0 heterocycles. The number of nitrogens with zero attached hydrogens (tertiary/aromatic N) is 1. The Labute approximate surface area is 162 Å². The van der Waals surface area contributed by atoms with E-state index in [1.165, 1.54) is 12.1 Å². The van der Waals surface area contributed by atoms with Crippen LogP contribution in [0.15, 0.2) is 53.4 Å². The summed E-state index contributed by atoms with van der Waals surface area (Å²) in [6, 6.07) is 12.3. The maximum Gasteiger partial charge on any atom is 0.293 e. The summed E-state index contributed by atoms with van der Waals surface area (Å²) in [4.78, 5) is 10.8. The van der Waals surface area contributed by atoms with E-state index < -0.39 is 14.9 Å². The number of hydrogen-bond acceptors (Lipinski definition) is 6. The van der Waals surface area contributed by atoms with Crippen LogP contribution in [0.3, 0.4) is 0 Å². The molecular formula is C18H21N3O4S2. The predicted octanol–water partition coefficient (Wildman–Crippen LogP) is 4.09. The fraction of sp³-hybridized carbons (Fsp3) is 0.333. The SMILES string of the molecule is CSC1(CNc2ccc(S(=O)(=O)Nc3ccccc3)cc2[N+](=O)[O-])CCC1. The van der Waals surface area contributed by atoms with Crippen LogP contribution in [0.4, 0.5) is 17.1 Å². The number of hydrogen-bond donors (Lipinski definition) is 2. The molecule has 1 saturated carbocycles. The molecule has 1 aliphatic rings. The Morgan fingerprint density at radius 3 is 2.44 bits per heavy atom. The number of rotatable bonds is 8. The lowest BCUT2D eigenvalue weighted by Gasteiger charge is -2.40. The molecule has 9 heteroatoms. The standard InChI is InChI=1S/C18H21N3O4S2/c1-26-18(10-5-11-18)13-19-16-9-8-15(12-17(16)21(22)23)27(24,25)20-14-6-3-2-4-7-14/h2-4,6-9,12,19-20H,5,10-11,13H2,1H3. The first kappa shape index (κ1) is 19.5. The van der Waals surface area contributed by atoms with Crippen LogP contribution in [0.2, 0.25) is 0 Å². The third-order valence-corrected chi connectivity index (χ3v) is 7.60. The van der Waals surface area contributed by atoms with E-state index in [0.717, 1.165) is 25.3 Å². The molecule has 2 aromatic carbocycles. The van der Waals surface area contributed by atoms with E-state index in [4.69, 9.17) is 0 Å². The van der Waals surface area contributed by atoms with Gasteiger partial charge in [0, 0.05) is 23.0 Å². The number of nitro benzene ring substituents is 1. The van der Waals surface area contributed by atoms with Crippen LogP contribution in [0, 0.1) is 10.1 Å². The van der Waals surface area contributed by atoms with Crippen molar-refractivity contribution in [2.24, 2.45) is 0 Å². The van der Waals surface area contributed by atoms with Gasteiger partial charge in [-0.05, 0) is 43.4 Å². The highest BCUT2D eigenvalue weighted by molar-refractivity contribution is 8.00. The Morgan fingerprint density at radius 2 is 1.89 bits per heavy atom. The molecule has 2 aromatic rings. The number of anilines is 2. The molecule has 0 atom stereocenters. The first-order chi connectivity index (χ1) is 12.9. The van der Waals surface area contributed by atoms with Crippen molar-refractivity contribution in [1.29, 1.82) is 0 Å². The summed E-state index contributed by atoms with van der Waals surface area (Å²) in [6.07, 6.45) is 5.35. The van der Waals surface area contributed by atoms with Crippen LogP contribution in [0.25, 0.3) is 0 Å². The number of nitrogens with one attached hydrogen (secondary N) is 2. The van der Waals surface area contributed by atoms with Crippen molar-refractivity contribution in [3.8, 4) is 0 Å². The second kappa shape index (κ2) is 7.77. The van der Waals surface area contributed by atoms with Gasteiger partial charge in [-0.1, -0.05) is 24.6 Å². The van der Waals surface area contributed by atoms with E-state index in [1.54, 1.807) is 42.1 Å². The number of thioether (sulfide) groups is 1. The minimum atomic E-state index is -3.91. The molecule has 1 aliphatic carbocycles. The molecule has 0 aliphatic heterocycles. The normalized spacial score (nSPS) is 15.6. The Balaban J connectivity index is 1.83. The van der Waals surface area contributed by atoms with Crippen molar-refractivity contribution >= 4 is 38.8 Å². The van der Waals surface area contributed by atoms with E-state index in [-0.39, 0.29) is 15.3 Å². The molecule has 3 rings (SSSR count). The summed E-state index contributed by atoms with van der Waals surface area (Å²) in [5.41, 5.74) is 0.481. The van der Waals surface area contributed by atoms with Crippen molar-refractivity contribution in [2.45, 2.75) is 28.9 Å². The van der Waals surface area contributed by atoms with Crippen molar-refractivity contribution in [1.82, 2.24) is 0 Å². The van der Waals surface area contributed by atoms with Gasteiger partial charge in [0.05, 0.1) is 9.82 Å². The van der Waals surface area contributed by atoms with Gasteiger partial charge in [-0.3, -0.25) is 14.8 Å². The van der Waals surface area contributed by atoms with Crippen molar-refractivity contribution in [2.75, 3.05) is 22.8 Å². The van der Waals surface area contributed by atoms with Gasteiger partial charge >= 0.3 is 0 Å². The van der Waals surface area contributed by atoms with Crippen molar-refractivity contribution in [3.63, 3.8) is 0 Å². The van der Waals surface area contributed by atoms with Gasteiger partial charge in [-0.2, -0.15) is 11.8 Å². The van der Waals surface area contributed by atoms with Crippen molar-refractivity contribution in [3.05, 3.63) is 58.6 Å². The highest BCUT2D eigenvalue weighted by Crippen LogP contribution is 2.43. The summed E-state index contributed by atoms with van der Waals surface area (Å²) in [5, 5.41) is 14.6. The quantitative estimate of drug-likeness (QED) is 0.505. The molecule has 144 valence electrons. The van der Waals surface area contributed by atoms with Gasteiger partial charge < -0.3 is 5.32 Å². The smallest absolute Gasteiger partial charge is 0.293 e. The number of nitro groups is 1. The lowest BCUT2D eigenvalue weighted by Crippen LogP contribution is -2.40. The summed E-state index contributed by atoms with van der Waals surface area (Å²) in [5.74, 6) is 0. The average Bonchev–Trinajstić information content (AvgIpc) is 2.61. The average molecular weight is 408 g/mol. The van der Waals surface area contributed by atoms with Crippen LogP contribution < -0.4 is 10.0 Å². The number of sulfonamides is 1. The minimum absolute atomic E-state index is 0.105. The minimum Gasteiger partial charge on any atom is -0.378 e. The fourth-order valence-corrected chi connectivity index (χ4v) is 4.97. The van der Waals surface area contributed by atoms with Gasteiger partial charge in [0.25, 0.3) is 15.7 Å². The topological polar surface area (TPSA) is 101 Å². The van der Waals surface area contributed by atoms with Crippen LogP contribution >= 0.6 is 11.8 Å². The van der Waals surface area contributed by atoms with Crippen LogP contribution in [-0.4, -0.2) is 30.9 Å². The second-order valence-corrected chi connectivity index (χ2v) is 9.46. The van der Waals surface area contributed by atoms with E-state index in [9.17, 15) is 18.5 Å². The third-order valence-electron chi connectivity index (χ3n) is 4.80. The zero-order valence-electron chi connectivity index (χ0n) is 14.8. The summed E-state index contributed by atoms with van der Waals surface area (Å²) >= 11 is 1.76. The molecule has 0 spiro atoms. The molecule has 27 heavy (non-hydrogen) atoms. The molecule has 0 bridgehead atoms. The molecule has 1 fully saturated rings. The zero-order chi connectivity index (χ0) is 19.5. The maximum atomic E-state index is 12.5. The molecular weight excluding hydrogens is 386 g/mol. The molecule has 7 nitrogen and oxygen atoms in total. The molecule has 0 radical (unpaired) electrons. The Morgan fingerprint density at radius 1 is 1.19 bits per heavy atom. The van der Waals surface area contributed by atoms with Gasteiger partial charge in [-0.25, -0.2) is 8.42 Å². The lowest BCUT2D eigenvalue weighted by atomic mass is 9.84. The Kier molecular flexibility index (Phi) is 5.61. The second-order valence-electron chi connectivity index (χ2n) is 6.50. The molecule has 0 amide bonds. The van der Waals surface area contributed by atoms with E-state index in [0.29, 0.717) is 17.9 Å². The molecule has 0 saturated heterocycles. The van der Waals surface area contributed by atoms with Gasteiger partial charge in [-0.15, -0.1) is 0 Å². The highest BCUT2D eigenvalue weighted by Gasteiger charge is 2.36. The molecule has 0 unspecified atom stereocenters. The van der Waals surface area contributed by atoms with Crippen molar-refractivity contribution < 1.29 is 13.3 Å². The maximum absolute atomic E-state index is 12.5. The summed E-state index contributed by atoms with van der Waals surface area (Å²) < 4.78 is 27.6. The summed E-state index contributed by atoms with van der Waals surface area (Å²) in [7, 11) is -3.91. The highest BCUT2D eigenvalue weighted by atomic mass is 32.2. The number of para-hydroxylation sites is 1. The predicted molar refractivity (Wildman–Crippen MR) is 109 cm³/mol. The van der Waals surface area contributed by atoms with E-state index in [1.807, 2.05) is 6.26 Å². The third kappa shape index (κ3) is 4.36. The van der Waals surface area contributed by atoms with Gasteiger partial charge in [0.2, 0.25) is 0 Å². The zero-order valence-corrected chi connectivity index (χ0v) is 16.5. The Bertz CT molecular complexity index is 923. The van der Waals surface area contributed by atoms with Gasteiger partial charge in [0.1, 0.15) is 5.69 Å². The van der Waals surface area contributed by atoms with Crippen LogP contribution in [0.5, 0.6) is 0 Å². The molecule has 0 aromatic heterocycles. The van der Waals surface area contributed by atoms with E-state index >= 15 is 0 Å². The number of benzene rings is 2. The first-order valence-electron chi connectivity index (χ1n) is 8.51. The summed E-state index contributed by atoms with van der Waals surface area (Å²) in [6.45, 7) is 0.614. The Hall–Kier alpha value is -2.26. The van der Waals surface area contributed by atoms with E-state index in [2.05, 4.69) is 10.0 Å². The fourth-order valence-electron chi connectivity index (χ4n) is 2.98.